The molecule has 9 rings (SSSR count). The maximum absolute atomic E-state index is 9.39. The van der Waals surface area contributed by atoms with Crippen molar-refractivity contribution in [1.82, 2.24) is 24.5 Å². The van der Waals surface area contributed by atoms with Crippen LogP contribution >= 0.6 is 11.6 Å². The Hall–Kier alpha value is -4.63. The summed E-state index contributed by atoms with van der Waals surface area (Å²) in [7, 11) is 0. The fourth-order valence-electron chi connectivity index (χ4n) is 10.9. The van der Waals surface area contributed by atoms with Crippen LogP contribution < -0.4 is 18.9 Å². The third-order valence-corrected chi connectivity index (χ3v) is 15.7. The van der Waals surface area contributed by atoms with Crippen molar-refractivity contribution in [2.24, 2.45) is 0 Å². The van der Waals surface area contributed by atoms with Crippen LogP contribution in [0.5, 0.6) is 46.0 Å². The minimum atomic E-state index is -0.103. The second-order valence-corrected chi connectivity index (χ2v) is 21.8. The lowest BCUT2D eigenvalue weighted by atomic mass is 10.0. The number of phenols is 4. The Labute approximate surface area is 460 Å². The summed E-state index contributed by atoms with van der Waals surface area (Å²) >= 11 is 5.54. The second-order valence-electron chi connectivity index (χ2n) is 21.4. The number of unbranched alkanes of at least 4 members (excludes halogenated alkanes) is 2. The molecule has 5 fully saturated rings. The van der Waals surface area contributed by atoms with E-state index in [1.807, 2.05) is 0 Å². The van der Waals surface area contributed by atoms with E-state index in [1.54, 1.807) is 24.3 Å². The topological polar surface area (TPSA) is 134 Å². The van der Waals surface area contributed by atoms with E-state index in [0.717, 1.165) is 124 Å². The molecule has 0 aliphatic carbocycles. The first-order chi connectivity index (χ1) is 37.3. The molecule has 420 valence electrons. The number of aromatic hydroxyl groups is 4. The molecule has 5 heterocycles. The lowest BCUT2D eigenvalue weighted by molar-refractivity contribution is 0.210. The maximum atomic E-state index is 9.39. The van der Waals surface area contributed by atoms with E-state index in [4.69, 9.17) is 30.5 Å². The molecular formula is C62H92ClN5O8. The number of ether oxygens (including phenoxy) is 4. The Bertz CT molecular complexity index is 2090. The quantitative estimate of drug-likeness (QED) is 0.0245. The Balaban J connectivity index is 0.000000245. The summed E-state index contributed by atoms with van der Waals surface area (Å²) < 4.78 is 25.3. The predicted octanol–water partition coefficient (Wildman–Crippen LogP) is 10.5. The van der Waals surface area contributed by atoms with Gasteiger partial charge in [-0.1, -0.05) is 24.3 Å². The largest absolute Gasteiger partial charge is 0.504 e. The molecule has 4 aromatic carbocycles. The average molecular weight is 1070 g/mol. The second kappa shape index (κ2) is 33.6. The number of benzene rings is 4. The summed E-state index contributed by atoms with van der Waals surface area (Å²) in [6, 6.07) is 22.9. The van der Waals surface area contributed by atoms with Gasteiger partial charge in [0.25, 0.3) is 0 Å². The molecule has 14 heteroatoms. The first kappa shape index (κ1) is 59.0. The van der Waals surface area contributed by atoms with Crippen LogP contribution in [0.15, 0.2) is 72.8 Å². The number of phenolic OH excluding ortho intramolecular Hbond substituents is 4. The van der Waals surface area contributed by atoms with Crippen LogP contribution in [0.3, 0.4) is 0 Å². The number of aryl methyl sites for hydroxylation is 4. The third-order valence-electron chi connectivity index (χ3n) is 15.5. The van der Waals surface area contributed by atoms with Crippen LogP contribution in [0.2, 0.25) is 0 Å². The van der Waals surface area contributed by atoms with E-state index in [-0.39, 0.29) is 23.0 Å². The Morgan fingerprint density at radius 1 is 0.316 bits per heavy atom. The Kier molecular flexibility index (Phi) is 26.1. The molecule has 0 aromatic heterocycles. The van der Waals surface area contributed by atoms with Gasteiger partial charge >= 0.3 is 0 Å². The maximum Gasteiger partial charge on any atom is 0.161 e. The molecule has 13 nitrogen and oxygen atoms in total. The van der Waals surface area contributed by atoms with Crippen molar-refractivity contribution in [3.8, 4) is 46.0 Å². The minimum Gasteiger partial charge on any atom is -0.504 e. The van der Waals surface area contributed by atoms with Gasteiger partial charge in [-0.15, -0.1) is 11.6 Å². The highest BCUT2D eigenvalue weighted by molar-refractivity contribution is 6.18. The van der Waals surface area contributed by atoms with Crippen molar-refractivity contribution in [2.45, 2.75) is 116 Å². The zero-order chi connectivity index (χ0) is 53.0. The average Bonchev–Trinajstić information content (AvgIpc) is 4.30. The van der Waals surface area contributed by atoms with Crippen LogP contribution in [0.4, 0.5) is 0 Å². The first-order valence-electron chi connectivity index (χ1n) is 29.2. The number of halogens is 1. The lowest BCUT2D eigenvalue weighted by Crippen LogP contribution is -2.26. The molecule has 4 N–H and O–H groups in total. The molecule has 0 saturated carbocycles. The van der Waals surface area contributed by atoms with E-state index >= 15 is 0 Å². The van der Waals surface area contributed by atoms with Crippen LogP contribution in [0.25, 0.3) is 0 Å². The molecule has 5 saturated heterocycles. The molecule has 76 heavy (non-hydrogen) atoms. The van der Waals surface area contributed by atoms with Crippen LogP contribution in [-0.2, 0) is 25.7 Å². The van der Waals surface area contributed by atoms with Crippen molar-refractivity contribution < 1.29 is 39.4 Å². The third kappa shape index (κ3) is 21.3. The molecule has 4 aromatic rings. The normalized spacial score (nSPS) is 17.4. The van der Waals surface area contributed by atoms with Crippen molar-refractivity contribution in [3.63, 3.8) is 0 Å². The molecule has 0 unspecified atom stereocenters. The molecule has 0 amide bonds. The molecule has 0 atom stereocenters. The SMILES string of the molecule is ClCCN1CCCC1.Oc1ccc(CCCCc2ccc(O)c(O)c2)cc1O.c1cc(OCCN2CCCC2)c(OCCN2CCCC2)cc1CCCCc1ccc(OCCN2CCCC2)c(OCCN2CCCC2)c1. The van der Waals surface area contributed by atoms with Gasteiger partial charge in [-0.05, 0) is 252 Å². The molecular weight excluding hydrogens is 978 g/mol. The Morgan fingerprint density at radius 2 is 0.579 bits per heavy atom. The van der Waals surface area contributed by atoms with E-state index < -0.39 is 0 Å². The first-order valence-corrected chi connectivity index (χ1v) is 29.8. The van der Waals surface area contributed by atoms with Crippen LogP contribution in [0, 0.1) is 0 Å². The van der Waals surface area contributed by atoms with Crippen molar-refractivity contribution >= 4 is 11.6 Å². The predicted molar refractivity (Wildman–Crippen MR) is 307 cm³/mol. The van der Waals surface area contributed by atoms with Crippen LogP contribution in [0.1, 0.15) is 112 Å². The van der Waals surface area contributed by atoms with E-state index in [9.17, 15) is 20.4 Å². The van der Waals surface area contributed by atoms with E-state index in [0.29, 0.717) is 26.4 Å². The van der Waals surface area contributed by atoms with Gasteiger partial charge in [0.2, 0.25) is 0 Å². The summed E-state index contributed by atoms with van der Waals surface area (Å²) in [5.41, 5.74) is 4.61. The summed E-state index contributed by atoms with van der Waals surface area (Å²) in [6.07, 6.45) is 21.1. The van der Waals surface area contributed by atoms with Gasteiger partial charge in [0.05, 0.1) is 0 Å². The fourth-order valence-corrected chi connectivity index (χ4v) is 11.2. The van der Waals surface area contributed by atoms with Gasteiger partial charge in [0, 0.05) is 38.6 Å². The monoisotopic (exact) mass is 1070 g/mol. The number of hydrogen-bond acceptors (Lipinski definition) is 13. The standard InChI is InChI=1S/C40H62N4O4.C16H18O4.C6H12ClN/c1(11-35-13-15-37(45-29-25-41-17-3-4-18-41)39(33-35)47-31-27-43-21-7-8-22-43)2-12-36-14-16-38(46-30-26-42-19-5-6-20-42)40(34-36)48-32-28-44-23-9-10-24-44;17-13-7-5-11(9-15(13)19)3-1-2-4-12-6-8-14(18)16(20)10-12;7-3-6-8-4-1-2-5-8/h13-16,33-34H,1-12,17-32H2;5-10,17-20H,1-4H2;1-6H2. The smallest absolute Gasteiger partial charge is 0.161 e. The highest BCUT2D eigenvalue weighted by atomic mass is 35.5. The van der Waals surface area contributed by atoms with Crippen LogP contribution in [-0.4, -0.2) is 175 Å². The number of likely N-dealkylation sites (tertiary alicyclic amines) is 5. The van der Waals surface area contributed by atoms with Gasteiger partial charge in [0.15, 0.2) is 46.0 Å². The van der Waals surface area contributed by atoms with E-state index in [2.05, 4.69) is 60.9 Å². The number of rotatable bonds is 28. The fraction of sp³-hybridized carbons (Fsp3) is 0.613. The molecule has 0 spiro atoms. The highest BCUT2D eigenvalue weighted by Crippen LogP contribution is 2.32. The van der Waals surface area contributed by atoms with Crippen molar-refractivity contribution in [2.75, 3.05) is 130 Å². The summed E-state index contributed by atoms with van der Waals surface area (Å²) in [5, 5.41) is 37.2. The Morgan fingerprint density at radius 3 is 0.868 bits per heavy atom. The van der Waals surface area contributed by atoms with E-state index in [1.165, 1.54) is 153 Å². The van der Waals surface area contributed by atoms with Gasteiger partial charge in [0.1, 0.15) is 26.4 Å². The van der Waals surface area contributed by atoms with Crippen molar-refractivity contribution in [1.29, 1.82) is 0 Å². The summed E-state index contributed by atoms with van der Waals surface area (Å²) in [5.74, 6) is 3.99. The molecule has 0 radical (unpaired) electrons. The van der Waals surface area contributed by atoms with Gasteiger partial charge in [-0.2, -0.15) is 0 Å². The lowest BCUT2D eigenvalue weighted by Gasteiger charge is -2.19. The molecule has 0 bridgehead atoms. The molecule has 5 aliphatic heterocycles. The summed E-state index contributed by atoms with van der Waals surface area (Å²) in [6.45, 7) is 20.0. The zero-order valence-electron chi connectivity index (χ0n) is 45.8. The van der Waals surface area contributed by atoms with Gasteiger partial charge in [-0.3, -0.25) is 19.6 Å². The van der Waals surface area contributed by atoms with Gasteiger partial charge < -0.3 is 44.3 Å². The number of hydrogen-bond donors (Lipinski definition) is 4. The summed E-state index contributed by atoms with van der Waals surface area (Å²) in [4.78, 5) is 12.4. The van der Waals surface area contributed by atoms with Crippen molar-refractivity contribution in [3.05, 3.63) is 95.1 Å². The minimum absolute atomic E-state index is 0.0917. The highest BCUT2D eigenvalue weighted by Gasteiger charge is 2.17. The number of nitrogens with zero attached hydrogens (tertiary/aromatic N) is 5. The zero-order valence-corrected chi connectivity index (χ0v) is 46.6. The van der Waals surface area contributed by atoms with Gasteiger partial charge in [-0.25, -0.2) is 0 Å². The molecule has 5 aliphatic rings. The number of alkyl halides is 1.